The van der Waals surface area contributed by atoms with Gasteiger partial charge in [0.25, 0.3) is 0 Å². The number of hydrogen-bond donors (Lipinski definition) is 1. The number of amides is 1. The Morgan fingerprint density at radius 1 is 1.19 bits per heavy atom. The van der Waals surface area contributed by atoms with Crippen LogP contribution in [0.4, 0.5) is 11.4 Å². The minimum Gasteiger partial charge on any atom is -0.494 e. The Hall–Kier alpha value is -2.54. The molecule has 6 nitrogen and oxygen atoms in total. The van der Waals surface area contributed by atoms with Crippen LogP contribution in [-0.2, 0) is 14.8 Å². The molecule has 0 fully saturated rings. The van der Waals surface area contributed by atoms with Gasteiger partial charge in [0, 0.05) is 5.69 Å². The average Bonchev–Trinajstić information content (AvgIpc) is 2.55. The zero-order valence-corrected chi connectivity index (χ0v) is 16.2. The summed E-state index contributed by atoms with van der Waals surface area (Å²) in [6, 6.07) is 13.1. The van der Waals surface area contributed by atoms with Gasteiger partial charge in [0.15, 0.2) is 0 Å². The molecule has 0 saturated carbocycles. The van der Waals surface area contributed by atoms with Crippen molar-refractivity contribution < 1.29 is 17.9 Å². The van der Waals surface area contributed by atoms with Crippen molar-refractivity contribution in [1.29, 1.82) is 0 Å². The first kappa shape index (κ1) is 19.8. The summed E-state index contributed by atoms with van der Waals surface area (Å²) in [7, 11) is -3.63. The van der Waals surface area contributed by atoms with Gasteiger partial charge >= 0.3 is 0 Å². The Morgan fingerprint density at radius 3 is 2.38 bits per heavy atom. The topological polar surface area (TPSA) is 75.7 Å². The maximum absolute atomic E-state index is 12.6. The quantitative estimate of drug-likeness (QED) is 0.805. The van der Waals surface area contributed by atoms with Gasteiger partial charge in [0.05, 0.1) is 18.6 Å². The molecule has 0 aliphatic heterocycles. The van der Waals surface area contributed by atoms with E-state index in [-0.39, 0.29) is 0 Å². The third-order valence-electron chi connectivity index (χ3n) is 3.78. The first-order chi connectivity index (χ1) is 12.2. The van der Waals surface area contributed by atoms with E-state index in [1.54, 1.807) is 49.4 Å². The fourth-order valence-corrected chi connectivity index (χ4v) is 3.79. The van der Waals surface area contributed by atoms with Crippen molar-refractivity contribution in [3.63, 3.8) is 0 Å². The Labute approximate surface area is 154 Å². The van der Waals surface area contributed by atoms with E-state index in [0.29, 0.717) is 23.7 Å². The molecule has 2 aromatic carbocycles. The molecule has 2 rings (SSSR count). The highest BCUT2D eigenvalue weighted by Gasteiger charge is 2.29. The van der Waals surface area contributed by atoms with Crippen molar-refractivity contribution >= 4 is 27.3 Å². The Bertz CT molecular complexity index is 863. The van der Waals surface area contributed by atoms with Crippen LogP contribution in [0.5, 0.6) is 5.75 Å². The lowest BCUT2D eigenvalue weighted by atomic mass is 10.2. The van der Waals surface area contributed by atoms with E-state index >= 15 is 0 Å². The van der Waals surface area contributed by atoms with Crippen LogP contribution in [0.2, 0.25) is 0 Å². The number of anilines is 2. The predicted octanol–water partition coefficient (Wildman–Crippen LogP) is 3.19. The normalized spacial score (nSPS) is 12.3. The molecule has 1 amide bonds. The van der Waals surface area contributed by atoms with Crippen LogP contribution in [-0.4, -0.2) is 33.2 Å². The highest BCUT2D eigenvalue weighted by atomic mass is 32.2. The molecule has 2 aromatic rings. The smallest absolute Gasteiger partial charge is 0.247 e. The summed E-state index contributed by atoms with van der Waals surface area (Å²) >= 11 is 0. The van der Waals surface area contributed by atoms with E-state index in [9.17, 15) is 13.2 Å². The highest BCUT2D eigenvalue weighted by molar-refractivity contribution is 7.92. The molecule has 140 valence electrons. The van der Waals surface area contributed by atoms with Gasteiger partial charge in [-0.1, -0.05) is 12.1 Å². The van der Waals surface area contributed by atoms with Crippen molar-refractivity contribution in [3.8, 4) is 5.75 Å². The number of hydrogen-bond acceptors (Lipinski definition) is 4. The van der Waals surface area contributed by atoms with Gasteiger partial charge in [-0.3, -0.25) is 9.10 Å². The van der Waals surface area contributed by atoms with Gasteiger partial charge in [-0.15, -0.1) is 0 Å². The summed E-state index contributed by atoms with van der Waals surface area (Å²) < 4.78 is 31.1. The monoisotopic (exact) mass is 376 g/mol. The van der Waals surface area contributed by atoms with Crippen LogP contribution in [0.3, 0.4) is 0 Å². The predicted molar refractivity (Wildman–Crippen MR) is 104 cm³/mol. The number of nitrogens with one attached hydrogen (secondary N) is 1. The zero-order valence-electron chi connectivity index (χ0n) is 15.4. The van der Waals surface area contributed by atoms with Gasteiger partial charge in [-0.25, -0.2) is 8.42 Å². The standard InChI is InChI=1S/C19H24N2O4S/c1-5-25-18-11-9-16(10-12-18)20-19(22)15(3)21(26(4,23)24)17-8-6-7-14(2)13-17/h6-13,15H,5H2,1-4H3,(H,20,22)/t15-/m1/s1. The van der Waals surface area contributed by atoms with Gasteiger partial charge < -0.3 is 10.1 Å². The number of sulfonamides is 1. The second-order valence-electron chi connectivity index (χ2n) is 6.02. The molecule has 0 aliphatic carbocycles. The summed E-state index contributed by atoms with van der Waals surface area (Å²) in [6.45, 7) is 5.88. The second kappa shape index (κ2) is 8.23. The molecular weight excluding hydrogens is 352 g/mol. The molecule has 1 N–H and O–H groups in total. The molecular formula is C19H24N2O4S. The first-order valence-corrected chi connectivity index (χ1v) is 10.2. The molecule has 0 unspecified atom stereocenters. The molecule has 0 saturated heterocycles. The molecule has 0 bridgehead atoms. The average molecular weight is 376 g/mol. The number of carbonyl (C=O) groups excluding carboxylic acids is 1. The number of rotatable bonds is 7. The molecule has 7 heteroatoms. The molecule has 0 aromatic heterocycles. The number of aryl methyl sites for hydroxylation is 1. The minimum atomic E-state index is -3.63. The second-order valence-corrected chi connectivity index (χ2v) is 7.88. The SMILES string of the molecule is CCOc1ccc(NC(=O)[C@@H](C)N(c2cccc(C)c2)S(C)(=O)=O)cc1. The van der Waals surface area contributed by atoms with Gasteiger partial charge in [-0.2, -0.15) is 0 Å². The summed E-state index contributed by atoms with van der Waals surface area (Å²) in [6.07, 6.45) is 1.09. The summed E-state index contributed by atoms with van der Waals surface area (Å²) in [5.74, 6) is 0.289. The van der Waals surface area contributed by atoms with Gasteiger partial charge in [-0.05, 0) is 62.7 Å². The number of nitrogens with zero attached hydrogens (tertiary/aromatic N) is 1. The fraction of sp³-hybridized carbons (Fsp3) is 0.316. The number of ether oxygens (including phenoxy) is 1. The molecule has 0 spiro atoms. The number of carbonyl (C=O) groups is 1. The number of benzene rings is 2. The van der Waals surface area contributed by atoms with Crippen LogP contribution in [0.25, 0.3) is 0 Å². The Balaban J connectivity index is 2.22. The van der Waals surface area contributed by atoms with Gasteiger partial charge in [0.1, 0.15) is 11.8 Å². The third kappa shape index (κ3) is 4.98. The van der Waals surface area contributed by atoms with E-state index in [4.69, 9.17) is 4.74 Å². The van der Waals surface area contributed by atoms with Crippen molar-refractivity contribution in [1.82, 2.24) is 0 Å². The van der Waals surface area contributed by atoms with Crippen LogP contribution in [0.15, 0.2) is 48.5 Å². The minimum absolute atomic E-state index is 0.416. The zero-order chi connectivity index (χ0) is 19.3. The maximum Gasteiger partial charge on any atom is 0.247 e. The van der Waals surface area contributed by atoms with Crippen molar-refractivity contribution in [2.75, 3.05) is 22.5 Å². The van der Waals surface area contributed by atoms with Crippen molar-refractivity contribution in [2.45, 2.75) is 26.8 Å². The third-order valence-corrected chi connectivity index (χ3v) is 5.02. The summed E-state index contributed by atoms with van der Waals surface area (Å²) in [4.78, 5) is 12.6. The lowest BCUT2D eigenvalue weighted by molar-refractivity contribution is -0.116. The van der Waals surface area contributed by atoms with E-state index in [1.165, 1.54) is 0 Å². The van der Waals surface area contributed by atoms with Crippen LogP contribution in [0.1, 0.15) is 19.4 Å². The van der Waals surface area contributed by atoms with E-state index in [0.717, 1.165) is 16.1 Å². The van der Waals surface area contributed by atoms with Crippen LogP contribution in [0, 0.1) is 6.92 Å². The lowest BCUT2D eigenvalue weighted by Crippen LogP contribution is -2.45. The van der Waals surface area contributed by atoms with Crippen molar-refractivity contribution in [2.24, 2.45) is 0 Å². The van der Waals surface area contributed by atoms with Crippen LogP contribution >= 0.6 is 0 Å². The molecule has 26 heavy (non-hydrogen) atoms. The first-order valence-electron chi connectivity index (χ1n) is 8.32. The lowest BCUT2D eigenvalue weighted by Gasteiger charge is -2.28. The Morgan fingerprint density at radius 2 is 1.85 bits per heavy atom. The van der Waals surface area contributed by atoms with Crippen molar-refractivity contribution in [3.05, 3.63) is 54.1 Å². The maximum atomic E-state index is 12.6. The fourth-order valence-electron chi connectivity index (χ4n) is 2.62. The van der Waals surface area contributed by atoms with E-state index < -0.39 is 22.0 Å². The largest absolute Gasteiger partial charge is 0.494 e. The molecule has 0 heterocycles. The molecule has 0 aliphatic rings. The van der Waals surface area contributed by atoms with E-state index in [1.807, 2.05) is 19.9 Å². The Kier molecular flexibility index (Phi) is 6.26. The van der Waals surface area contributed by atoms with E-state index in [2.05, 4.69) is 5.32 Å². The summed E-state index contributed by atoms with van der Waals surface area (Å²) in [5, 5.41) is 2.75. The highest BCUT2D eigenvalue weighted by Crippen LogP contribution is 2.23. The van der Waals surface area contributed by atoms with Crippen LogP contribution < -0.4 is 14.4 Å². The summed E-state index contributed by atoms with van der Waals surface area (Å²) in [5.41, 5.74) is 1.94. The molecule has 0 radical (unpaired) electrons. The molecule has 1 atom stereocenters. The van der Waals surface area contributed by atoms with Gasteiger partial charge in [0.2, 0.25) is 15.9 Å².